The number of fused-ring (bicyclic) bond motifs is 12. The SMILES string of the molecule is C1=C(c2ccccc2)N=C(c2cccc(-c3ccc(-c4ccc5c(c4)C4(c6ccccc6-c6ccccc6-c6ccccc64)c4ccccc4-5)cc3)c2)NC1c1ccccc1. The van der Waals surface area contributed by atoms with Gasteiger partial charge in [-0.3, -0.25) is 0 Å². The van der Waals surface area contributed by atoms with Crippen molar-refractivity contribution < 1.29 is 0 Å². The Hall–Kier alpha value is -7.81. The minimum absolute atomic E-state index is 0.00126. The van der Waals surface area contributed by atoms with Crippen LogP contribution in [0.4, 0.5) is 0 Å². The lowest BCUT2D eigenvalue weighted by Gasteiger charge is -2.35. The fourth-order valence-corrected chi connectivity index (χ4v) is 10.2. The molecule has 0 bridgehead atoms. The summed E-state index contributed by atoms with van der Waals surface area (Å²) >= 11 is 0. The molecule has 9 aromatic rings. The van der Waals surface area contributed by atoms with Crippen LogP contribution in [0.25, 0.3) is 61.3 Å². The Morgan fingerprint density at radius 2 is 0.770 bits per heavy atom. The number of hydrogen-bond donors (Lipinski definition) is 1. The molecule has 9 aromatic carbocycles. The first-order valence-corrected chi connectivity index (χ1v) is 21.2. The molecule has 61 heavy (non-hydrogen) atoms. The molecule has 3 aliphatic rings. The van der Waals surface area contributed by atoms with E-state index in [0.717, 1.165) is 33.8 Å². The van der Waals surface area contributed by atoms with Gasteiger partial charge in [0.15, 0.2) is 0 Å². The first kappa shape index (κ1) is 35.2. The van der Waals surface area contributed by atoms with Crippen molar-refractivity contribution in [2.75, 3.05) is 0 Å². The van der Waals surface area contributed by atoms with Gasteiger partial charge in [-0.2, -0.15) is 0 Å². The summed E-state index contributed by atoms with van der Waals surface area (Å²) in [6.07, 6.45) is 2.22. The van der Waals surface area contributed by atoms with E-state index < -0.39 is 5.41 Å². The van der Waals surface area contributed by atoms with Gasteiger partial charge in [0.1, 0.15) is 5.84 Å². The maximum absolute atomic E-state index is 5.18. The van der Waals surface area contributed by atoms with Crippen LogP contribution in [-0.4, -0.2) is 5.84 Å². The minimum atomic E-state index is -0.501. The predicted molar refractivity (Wildman–Crippen MR) is 252 cm³/mol. The van der Waals surface area contributed by atoms with Gasteiger partial charge in [-0.1, -0.05) is 212 Å². The van der Waals surface area contributed by atoms with Crippen molar-refractivity contribution in [1.82, 2.24) is 5.32 Å². The van der Waals surface area contributed by atoms with Crippen LogP contribution in [0.3, 0.4) is 0 Å². The number of amidine groups is 1. The molecule has 1 aliphatic heterocycles. The van der Waals surface area contributed by atoms with Gasteiger partial charge in [0.25, 0.3) is 0 Å². The summed E-state index contributed by atoms with van der Waals surface area (Å²) < 4.78 is 0. The molecule has 0 saturated heterocycles. The van der Waals surface area contributed by atoms with Crippen molar-refractivity contribution in [2.45, 2.75) is 11.5 Å². The summed E-state index contributed by atoms with van der Waals surface area (Å²) in [5.41, 5.74) is 21.6. The molecule has 0 aromatic heterocycles. The number of rotatable bonds is 5. The molecule has 1 spiro atoms. The lowest BCUT2D eigenvalue weighted by atomic mass is 9.65. The Morgan fingerprint density at radius 3 is 1.38 bits per heavy atom. The summed E-state index contributed by atoms with van der Waals surface area (Å²) in [5, 5.41) is 3.74. The van der Waals surface area contributed by atoms with Gasteiger partial charge in [-0.25, -0.2) is 4.99 Å². The number of benzene rings is 9. The number of nitrogens with zero attached hydrogens (tertiary/aromatic N) is 1. The highest BCUT2D eigenvalue weighted by Gasteiger charge is 2.49. The quantitative estimate of drug-likeness (QED) is 0.185. The Bertz CT molecular complexity index is 3140. The Labute approximate surface area is 356 Å². The molecule has 1 heterocycles. The molecule has 286 valence electrons. The summed E-state index contributed by atoms with van der Waals surface area (Å²) in [5.74, 6) is 0.867. The summed E-state index contributed by atoms with van der Waals surface area (Å²) in [6.45, 7) is 0. The molecule has 12 rings (SSSR count). The number of aliphatic imine (C=N–C) groups is 1. The predicted octanol–water partition coefficient (Wildman–Crippen LogP) is 14.2. The van der Waals surface area contributed by atoms with Crippen molar-refractivity contribution in [3.8, 4) is 55.6 Å². The molecule has 0 saturated carbocycles. The van der Waals surface area contributed by atoms with E-state index in [1.54, 1.807) is 0 Å². The lowest BCUT2D eigenvalue weighted by Crippen LogP contribution is -2.31. The van der Waals surface area contributed by atoms with Gasteiger partial charge in [0.2, 0.25) is 0 Å². The van der Waals surface area contributed by atoms with E-state index in [1.807, 2.05) is 0 Å². The monoisotopic (exact) mass is 776 g/mol. The molecule has 0 amide bonds. The van der Waals surface area contributed by atoms with Crippen LogP contribution in [0.1, 0.15) is 45.0 Å². The molecule has 2 nitrogen and oxygen atoms in total. The molecule has 1 unspecified atom stereocenters. The highest BCUT2D eigenvalue weighted by molar-refractivity contribution is 6.04. The second kappa shape index (κ2) is 14.2. The molecule has 2 aliphatic carbocycles. The van der Waals surface area contributed by atoms with Crippen molar-refractivity contribution >= 4 is 11.5 Å². The van der Waals surface area contributed by atoms with Crippen LogP contribution in [0.15, 0.2) is 236 Å². The second-order valence-corrected chi connectivity index (χ2v) is 16.3. The van der Waals surface area contributed by atoms with E-state index in [4.69, 9.17) is 4.99 Å². The van der Waals surface area contributed by atoms with E-state index in [0.29, 0.717) is 0 Å². The minimum Gasteiger partial charge on any atom is -0.359 e. The van der Waals surface area contributed by atoms with Crippen molar-refractivity contribution in [3.63, 3.8) is 0 Å². The van der Waals surface area contributed by atoms with E-state index in [1.165, 1.54) is 72.3 Å². The van der Waals surface area contributed by atoms with Gasteiger partial charge in [0.05, 0.1) is 17.2 Å². The fraction of sp³-hybridized carbons (Fsp3) is 0.0339. The average molecular weight is 777 g/mol. The van der Waals surface area contributed by atoms with Gasteiger partial charge in [-0.15, -0.1) is 0 Å². The third kappa shape index (κ3) is 5.60. The van der Waals surface area contributed by atoms with Gasteiger partial charge in [0, 0.05) is 5.56 Å². The highest BCUT2D eigenvalue weighted by Crippen LogP contribution is 2.61. The van der Waals surface area contributed by atoms with Crippen LogP contribution in [0.5, 0.6) is 0 Å². The van der Waals surface area contributed by atoms with Gasteiger partial charge in [-0.05, 0) is 107 Å². The molecule has 1 atom stereocenters. The normalized spacial score (nSPS) is 15.2. The van der Waals surface area contributed by atoms with E-state index >= 15 is 0 Å². The molecule has 2 heteroatoms. The average Bonchev–Trinajstić information content (AvgIpc) is 3.58. The zero-order valence-corrected chi connectivity index (χ0v) is 33.5. The maximum Gasteiger partial charge on any atom is 0.134 e. The smallest absolute Gasteiger partial charge is 0.134 e. The van der Waals surface area contributed by atoms with E-state index in [2.05, 4.69) is 236 Å². The lowest BCUT2D eigenvalue weighted by molar-refractivity contribution is 0.775. The fourth-order valence-electron chi connectivity index (χ4n) is 10.2. The van der Waals surface area contributed by atoms with Crippen LogP contribution in [0.2, 0.25) is 0 Å². The standard InChI is InChI=1S/C59H40N2/c1-3-16-41(17-4-1)56-38-57(42-18-5-2-6-19-42)61-58(60-56)45-21-15-20-43(36-45)39-30-32-40(33-31-39)44-34-35-51-50-26-11-14-29-54(50)59(55(51)37-44)52-27-12-9-24-48(52)46-22-7-8-23-47(46)49-25-10-13-28-53(49)59/h1-38,56H,(H,60,61). The molecule has 1 N–H and O–H groups in total. The Morgan fingerprint density at radius 1 is 0.328 bits per heavy atom. The number of nitrogens with one attached hydrogen (secondary N) is 1. The highest BCUT2D eigenvalue weighted by atomic mass is 15.0. The van der Waals surface area contributed by atoms with E-state index in [-0.39, 0.29) is 6.04 Å². The summed E-state index contributed by atoms with van der Waals surface area (Å²) in [4.78, 5) is 5.18. The molecular weight excluding hydrogens is 737 g/mol. The van der Waals surface area contributed by atoms with Crippen LogP contribution >= 0.6 is 0 Å². The van der Waals surface area contributed by atoms with Crippen molar-refractivity contribution in [1.29, 1.82) is 0 Å². The third-order valence-corrected chi connectivity index (χ3v) is 13.0. The second-order valence-electron chi connectivity index (χ2n) is 16.3. The first-order chi connectivity index (χ1) is 30.2. The molecular formula is C59H40N2. The zero-order valence-electron chi connectivity index (χ0n) is 33.5. The van der Waals surface area contributed by atoms with Crippen LogP contribution < -0.4 is 5.32 Å². The molecule has 0 fully saturated rings. The zero-order chi connectivity index (χ0) is 40.3. The maximum atomic E-state index is 5.18. The molecule has 0 radical (unpaired) electrons. The topological polar surface area (TPSA) is 24.4 Å². The van der Waals surface area contributed by atoms with Gasteiger partial charge < -0.3 is 5.32 Å². The van der Waals surface area contributed by atoms with Crippen molar-refractivity contribution in [3.05, 3.63) is 269 Å². The summed E-state index contributed by atoms with van der Waals surface area (Å²) in [7, 11) is 0. The van der Waals surface area contributed by atoms with Crippen LogP contribution in [0, 0.1) is 0 Å². The number of hydrogen-bond acceptors (Lipinski definition) is 2. The Balaban J connectivity index is 0.946. The Kier molecular flexibility index (Phi) is 8.18. The van der Waals surface area contributed by atoms with Crippen LogP contribution in [-0.2, 0) is 5.41 Å². The van der Waals surface area contributed by atoms with E-state index in [9.17, 15) is 0 Å². The first-order valence-electron chi connectivity index (χ1n) is 21.2. The van der Waals surface area contributed by atoms with Gasteiger partial charge >= 0.3 is 0 Å². The van der Waals surface area contributed by atoms with Crippen molar-refractivity contribution in [2.24, 2.45) is 4.99 Å². The summed E-state index contributed by atoms with van der Waals surface area (Å²) in [6, 6.07) is 82.2. The third-order valence-electron chi connectivity index (χ3n) is 13.0. The largest absolute Gasteiger partial charge is 0.359 e.